The molecule has 9 heteroatoms. The number of amides is 1. The zero-order valence-corrected chi connectivity index (χ0v) is 17.7. The Labute approximate surface area is 171 Å². The number of carbonyl (C=O) groups excluding carboxylic acids is 2. The minimum absolute atomic E-state index is 0.0183. The predicted octanol–water partition coefficient (Wildman–Crippen LogP) is 3.22. The molecule has 0 atom stereocenters. The van der Waals surface area contributed by atoms with Gasteiger partial charge in [-0.1, -0.05) is 6.07 Å². The van der Waals surface area contributed by atoms with Crippen molar-refractivity contribution in [3.8, 4) is 0 Å². The van der Waals surface area contributed by atoms with Gasteiger partial charge in [-0.3, -0.25) is 9.59 Å². The fourth-order valence-electron chi connectivity index (χ4n) is 2.38. The highest BCUT2D eigenvalue weighted by Crippen LogP contribution is 2.22. The second-order valence-electron chi connectivity index (χ2n) is 6.07. The zero-order valence-electron chi connectivity index (χ0n) is 15.2. The van der Waals surface area contributed by atoms with E-state index in [0.29, 0.717) is 21.9 Å². The first-order chi connectivity index (χ1) is 13.3. The van der Waals surface area contributed by atoms with Crippen LogP contribution in [0.2, 0.25) is 0 Å². The summed E-state index contributed by atoms with van der Waals surface area (Å²) in [6, 6.07) is 13.0. The lowest BCUT2D eigenvalue weighted by Crippen LogP contribution is -2.24. The Hall–Kier alpha value is -2.33. The molecule has 28 heavy (non-hydrogen) atoms. The van der Waals surface area contributed by atoms with Crippen LogP contribution in [0.25, 0.3) is 0 Å². The van der Waals surface area contributed by atoms with Crippen molar-refractivity contribution in [3.63, 3.8) is 0 Å². The van der Waals surface area contributed by atoms with Crippen LogP contribution in [0.1, 0.15) is 29.8 Å². The van der Waals surface area contributed by atoms with E-state index in [9.17, 15) is 18.0 Å². The van der Waals surface area contributed by atoms with Crippen molar-refractivity contribution in [2.75, 3.05) is 14.1 Å². The molecule has 2 aromatic heterocycles. The number of rotatable bonds is 7. The molecule has 0 spiro atoms. The van der Waals surface area contributed by atoms with Gasteiger partial charge in [-0.2, -0.15) is 0 Å². The van der Waals surface area contributed by atoms with Gasteiger partial charge < -0.3 is 5.32 Å². The van der Waals surface area contributed by atoms with E-state index in [-0.39, 0.29) is 16.6 Å². The van der Waals surface area contributed by atoms with E-state index in [0.717, 1.165) is 9.18 Å². The normalized spacial score (nSPS) is 11.5. The third kappa shape index (κ3) is 4.39. The Kier molecular flexibility index (Phi) is 6.09. The van der Waals surface area contributed by atoms with Gasteiger partial charge in [-0.25, -0.2) is 12.7 Å². The van der Waals surface area contributed by atoms with Gasteiger partial charge in [0, 0.05) is 24.5 Å². The topological polar surface area (TPSA) is 83.6 Å². The number of sulfonamides is 1. The third-order valence-electron chi connectivity index (χ3n) is 3.95. The summed E-state index contributed by atoms with van der Waals surface area (Å²) >= 11 is 2.74. The molecule has 0 saturated heterocycles. The Balaban J connectivity index is 1.62. The first-order valence-electron chi connectivity index (χ1n) is 8.27. The van der Waals surface area contributed by atoms with Crippen LogP contribution >= 0.6 is 22.7 Å². The summed E-state index contributed by atoms with van der Waals surface area (Å²) in [6.45, 7) is 0.291. The number of carbonyl (C=O) groups is 2. The summed E-state index contributed by atoms with van der Waals surface area (Å²) in [7, 11) is -0.621. The lowest BCUT2D eigenvalue weighted by atomic mass is 10.2. The van der Waals surface area contributed by atoms with Crippen molar-refractivity contribution in [2.24, 2.45) is 0 Å². The fourth-order valence-corrected chi connectivity index (χ4v) is 4.93. The quantitative estimate of drug-likeness (QED) is 0.579. The van der Waals surface area contributed by atoms with Crippen LogP contribution < -0.4 is 5.32 Å². The molecule has 0 aliphatic rings. The number of nitrogens with zero attached hydrogens (tertiary/aromatic N) is 1. The van der Waals surface area contributed by atoms with Gasteiger partial charge >= 0.3 is 0 Å². The second kappa shape index (κ2) is 8.36. The minimum Gasteiger partial charge on any atom is -0.347 e. The number of ketones is 1. The summed E-state index contributed by atoms with van der Waals surface area (Å²) in [5.41, 5.74) is 0.365. The van der Waals surface area contributed by atoms with E-state index < -0.39 is 10.0 Å². The summed E-state index contributed by atoms with van der Waals surface area (Å²) < 4.78 is 25.3. The molecule has 1 aromatic carbocycles. The van der Waals surface area contributed by atoms with Crippen molar-refractivity contribution in [1.29, 1.82) is 0 Å². The molecular weight excluding hydrogens is 416 g/mol. The van der Waals surface area contributed by atoms with Gasteiger partial charge in [-0.05, 0) is 47.8 Å². The second-order valence-corrected chi connectivity index (χ2v) is 10.3. The van der Waals surface area contributed by atoms with Crippen LogP contribution in [0, 0.1) is 0 Å². The Morgan fingerprint density at radius 2 is 1.71 bits per heavy atom. The van der Waals surface area contributed by atoms with Crippen molar-refractivity contribution in [3.05, 3.63) is 74.1 Å². The Morgan fingerprint density at radius 1 is 1.00 bits per heavy atom. The lowest BCUT2D eigenvalue weighted by molar-refractivity contribution is 0.0950. The standard InChI is InChI=1S/C19H18N2O4S3/c1-21(2)28(24,25)15-8-5-13(6-9-15)19(23)20-12-14-7-10-17(27-14)18(22)16-4-3-11-26-16/h3-11H,12H2,1-2H3,(H,20,23). The molecule has 0 aliphatic carbocycles. The molecule has 2 heterocycles. The number of hydrogen-bond acceptors (Lipinski definition) is 6. The van der Waals surface area contributed by atoms with E-state index in [4.69, 9.17) is 0 Å². The number of thiophene rings is 2. The van der Waals surface area contributed by atoms with Crippen molar-refractivity contribution < 1.29 is 18.0 Å². The maximum atomic E-state index is 12.3. The largest absolute Gasteiger partial charge is 0.347 e. The van der Waals surface area contributed by atoms with Gasteiger partial charge in [0.1, 0.15) is 0 Å². The molecule has 146 valence electrons. The summed E-state index contributed by atoms with van der Waals surface area (Å²) in [5, 5.41) is 4.64. The molecule has 3 rings (SSSR count). The molecule has 1 N–H and O–H groups in total. The highest BCUT2D eigenvalue weighted by molar-refractivity contribution is 7.89. The average molecular weight is 435 g/mol. The van der Waals surface area contributed by atoms with Crippen LogP contribution in [0.3, 0.4) is 0 Å². The van der Waals surface area contributed by atoms with E-state index in [1.807, 2.05) is 17.5 Å². The number of hydrogen-bond donors (Lipinski definition) is 1. The van der Waals surface area contributed by atoms with Crippen LogP contribution in [0.4, 0.5) is 0 Å². The van der Waals surface area contributed by atoms with Crippen molar-refractivity contribution in [1.82, 2.24) is 9.62 Å². The first kappa shape index (κ1) is 20.4. The summed E-state index contributed by atoms with van der Waals surface area (Å²) in [5.74, 6) is -0.330. The highest BCUT2D eigenvalue weighted by Gasteiger charge is 2.18. The minimum atomic E-state index is -3.53. The van der Waals surface area contributed by atoms with Crippen LogP contribution in [0.5, 0.6) is 0 Å². The Bertz CT molecular complexity index is 1080. The Morgan fingerprint density at radius 3 is 2.32 bits per heavy atom. The maximum Gasteiger partial charge on any atom is 0.251 e. The zero-order chi connectivity index (χ0) is 20.3. The SMILES string of the molecule is CN(C)S(=O)(=O)c1ccc(C(=O)NCc2ccc(C(=O)c3cccs3)s2)cc1. The summed E-state index contributed by atoms with van der Waals surface area (Å²) in [6.07, 6.45) is 0. The number of benzene rings is 1. The molecule has 1 amide bonds. The molecule has 0 bridgehead atoms. The maximum absolute atomic E-state index is 12.3. The molecule has 0 aliphatic heterocycles. The van der Waals surface area contributed by atoms with Crippen LogP contribution in [-0.2, 0) is 16.6 Å². The van der Waals surface area contributed by atoms with E-state index >= 15 is 0 Å². The van der Waals surface area contributed by atoms with E-state index in [1.165, 1.54) is 61.0 Å². The highest BCUT2D eigenvalue weighted by atomic mass is 32.2. The van der Waals surface area contributed by atoms with Crippen LogP contribution in [-0.4, -0.2) is 38.5 Å². The molecule has 0 saturated carbocycles. The van der Waals surface area contributed by atoms with Gasteiger partial charge in [0.15, 0.2) is 0 Å². The molecule has 0 fully saturated rings. The third-order valence-corrected chi connectivity index (χ3v) is 7.73. The molecule has 3 aromatic rings. The van der Waals surface area contributed by atoms with E-state index in [1.54, 1.807) is 12.1 Å². The predicted molar refractivity (Wildman–Crippen MR) is 111 cm³/mol. The molecule has 0 radical (unpaired) electrons. The van der Waals surface area contributed by atoms with Gasteiger partial charge in [0.05, 0.1) is 21.2 Å². The molecular formula is C19H18N2O4S3. The smallest absolute Gasteiger partial charge is 0.251 e. The monoisotopic (exact) mass is 434 g/mol. The van der Waals surface area contributed by atoms with Crippen molar-refractivity contribution >= 4 is 44.4 Å². The average Bonchev–Trinajstić information content (AvgIpc) is 3.37. The van der Waals surface area contributed by atoms with E-state index in [2.05, 4.69) is 5.32 Å². The van der Waals surface area contributed by atoms with Crippen LogP contribution in [0.15, 0.2) is 58.8 Å². The summed E-state index contributed by atoms with van der Waals surface area (Å²) in [4.78, 5) is 26.9. The van der Waals surface area contributed by atoms with Gasteiger partial charge in [0.2, 0.25) is 15.8 Å². The lowest BCUT2D eigenvalue weighted by Gasteiger charge is -2.11. The van der Waals surface area contributed by atoms with Crippen molar-refractivity contribution in [2.45, 2.75) is 11.4 Å². The molecule has 6 nitrogen and oxygen atoms in total. The molecule has 0 unspecified atom stereocenters. The fraction of sp³-hybridized carbons (Fsp3) is 0.158. The van der Waals surface area contributed by atoms with Gasteiger partial charge in [0.25, 0.3) is 5.91 Å². The van der Waals surface area contributed by atoms with Gasteiger partial charge in [-0.15, -0.1) is 22.7 Å². The number of nitrogens with one attached hydrogen (secondary N) is 1. The first-order valence-corrected chi connectivity index (χ1v) is 11.4.